The zero-order valence-corrected chi connectivity index (χ0v) is 17.2. The first kappa shape index (κ1) is 19.4. The zero-order valence-electron chi connectivity index (χ0n) is 15.6. The van der Waals surface area contributed by atoms with E-state index < -0.39 is 0 Å². The number of hydrogen-bond acceptors (Lipinski definition) is 8. The molecule has 0 aliphatic heterocycles. The van der Waals surface area contributed by atoms with Crippen LogP contribution in [0.4, 0.5) is 4.39 Å². The molecule has 0 unspecified atom stereocenters. The standard InChI is InChI=1S/C18H16FN7OS2/c1-10-7-11(2)26-17(21-10)22-18(25-26)28-9-14-23-24-16(29-14)15(27)20-8-12-3-5-13(19)6-4-12/h3-7H,8-9H2,1-2H3,(H,20,27). The Hall–Kier alpha value is -2.92. The van der Waals surface area contributed by atoms with E-state index in [4.69, 9.17) is 0 Å². The van der Waals surface area contributed by atoms with Gasteiger partial charge in [-0.1, -0.05) is 35.2 Å². The molecule has 0 aliphatic rings. The summed E-state index contributed by atoms with van der Waals surface area (Å²) in [7, 11) is 0. The maximum absolute atomic E-state index is 12.9. The van der Waals surface area contributed by atoms with Crippen LogP contribution in [-0.2, 0) is 12.3 Å². The van der Waals surface area contributed by atoms with E-state index >= 15 is 0 Å². The van der Waals surface area contributed by atoms with Crippen LogP contribution in [0.25, 0.3) is 5.78 Å². The Balaban J connectivity index is 1.36. The molecule has 1 amide bonds. The average Bonchev–Trinajstić information content (AvgIpc) is 3.32. The van der Waals surface area contributed by atoms with Crippen LogP contribution in [0.3, 0.4) is 0 Å². The number of amides is 1. The maximum Gasteiger partial charge on any atom is 0.282 e. The van der Waals surface area contributed by atoms with Gasteiger partial charge in [-0.15, -0.1) is 15.3 Å². The smallest absolute Gasteiger partial charge is 0.282 e. The lowest BCUT2D eigenvalue weighted by molar-refractivity contribution is 0.0950. The lowest BCUT2D eigenvalue weighted by Gasteiger charge is -2.02. The molecule has 0 fully saturated rings. The van der Waals surface area contributed by atoms with Crippen molar-refractivity contribution in [2.75, 3.05) is 0 Å². The molecule has 8 nitrogen and oxygen atoms in total. The van der Waals surface area contributed by atoms with Gasteiger partial charge in [-0.3, -0.25) is 4.79 Å². The van der Waals surface area contributed by atoms with Crippen LogP contribution < -0.4 is 5.32 Å². The molecule has 4 rings (SSSR count). The number of hydrogen-bond donors (Lipinski definition) is 1. The van der Waals surface area contributed by atoms with Crippen LogP contribution in [0.2, 0.25) is 0 Å². The van der Waals surface area contributed by atoms with Gasteiger partial charge in [0.25, 0.3) is 11.7 Å². The lowest BCUT2D eigenvalue weighted by Crippen LogP contribution is -2.22. The van der Waals surface area contributed by atoms with Crippen molar-refractivity contribution in [1.29, 1.82) is 0 Å². The first-order valence-corrected chi connectivity index (χ1v) is 10.5. The summed E-state index contributed by atoms with van der Waals surface area (Å²) in [5.74, 6) is 0.428. The Morgan fingerprint density at radius 2 is 2.00 bits per heavy atom. The van der Waals surface area contributed by atoms with Crippen molar-refractivity contribution < 1.29 is 9.18 Å². The Labute approximate surface area is 173 Å². The van der Waals surface area contributed by atoms with E-state index in [-0.39, 0.29) is 16.7 Å². The zero-order chi connectivity index (χ0) is 20.4. The number of aryl methyl sites for hydroxylation is 2. The molecular formula is C18H16FN7OS2. The highest BCUT2D eigenvalue weighted by Crippen LogP contribution is 2.22. The summed E-state index contributed by atoms with van der Waals surface area (Å²) in [5, 5.41) is 16.8. The number of thioether (sulfide) groups is 1. The number of carbonyl (C=O) groups is 1. The van der Waals surface area contributed by atoms with Crippen LogP contribution in [0, 0.1) is 19.7 Å². The van der Waals surface area contributed by atoms with E-state index in [0.29, 0.717) is 28.2 Å². The molecule has 3 aromatic heterocycles. The highest BCUT2D eigenvalue weighted by Gasteiger charge is 2.14. The van der Waals surface area contributed by atoms with E-state index in [9.17, 15) is 9.18 Å². The van der Waals surface area contributed by atoms with Crippen LogP contribution in [0.1, 0.15) is 31.8 Å². The molecule has 4 aromatic rings. The SMILES string of the molecule is Cc1cc(C)n2nc(SCc3nnc(C(=O)NCc4ccc(F)cc4)s3)nc2n1. The number of halogens is 1. The molecular weight excluding hydrogens is 413 g/mol. The van der Waals surface area contributed by atoms with Crippen LogP contribution >= 0.6 is 23.1 Å². The number of nitrogens with one attached hydrogen (secondary N) is 1. The average molecular weight is 430 g/mol. The highest BCUT2D eigenvalue weighted by molar-refractivity contribution is 7.98. The Bertz CT molecular complexity index is 1170. The Kier molecular flexibility index (Phi) is 5.49. The molecule has 3 heterocycles. The van der Waals surface area contributed by atoms with Crippen molar-refractivity contribution in [2.24, 2.45) is 0 Å². The van der Waals surface area contributed by atoms with Crippen molar-refractivity contribution in [2.45, 2.75) is 31.3 Å². The first-order chi connectivity index (χ1) is 14.0. The fourth-order valence-corrected chi connectivity index (χ4v) is 4.16. The van der Waals surface area contributed by atoms with E-state index in [1.165, 1.54) is 35.2 Å². The molecule has 0 saturated carbocycles. The molecule has 0 spiro atoms. The van der Waals surface area contributed by atoms with Gasteiger partial charge in [0.05, 0.1) is 5.75 Å². The number of aromatic nitrogens is 6. The second-order valence-corrected chi connectivity index (χ2v) is 8.25. The summed E-state index contributed by atoms with van der Waals surface area (Å²) in [4.78, 5) is 21.0. The highest BCUT2D eigenvalue weighted by atomic mass is 32.2. The summed E-state index contributed by atoms with van der Waals surface area (Å²) >= 11 is 2.63. The third-order valence-electron chi connectivity index (χ3n) is 3.95. The molecule has 1 N–H and O–H groups in total. The molecule has 0 bridgehead atoms. The van der Waals surface area contributed by atoms with Gasteiger partial charge in [-0.05, 0) is 37.6 Å². The maximum atomic E-state index is 12.9. The number of carbonyl (C=O) groups excluding carboxylic acids is 1. The van der Waals surface area contributed by atoms with Gasteiger partial charge >= 0.3 is 0 Å². The lowest BCUT2D eigenvalue weighted by atomic mass is 10.2. The summed E-state index contributed by atoms with van der Waals surface area (Å²) in [6, 6.07) is 7.90. The van der Waals surface area contributed by atoms with Gasteiger partial charge in [0, 0.05) is 17.9 Å². The van der Waals surface area contributed by atoms with Crippen LogP contribution in [0.5, 0.6) is 0 Å². The third kappa shape index (κ3) is 4.57. The van der Waals surface area contributed by atoms with E-state index in [2.05, 4.69) is 30.6 Å². The largest absolute Gasteiger partial charge is 0.346 e. The van der Waals surface area contributed by atoms with Gasteiger partial charge in [0.15, 0.2) is 0 Å². The van der Waals surface area contributed by atoms with Crippen molar-refractivity contribution in [3.05, 3.63) is 63.1 Å². The summed E-state index contributed by atoms with van der Waals surface area (Å²) in [5.41, 5.74) is 2.65. The molecule has 148 valence electrons. The van der Waals surface area contributed by atoms with Gasteiger partial charge in [-0.25, -0.2) is 13.9 Å². The number of rotatable bonds is 6. The van der Waals surface area contributed by atoms with Crippen molar-refractivity contribution >= 4 is 34.8 Å². The minimum atomic E-state index is -0.316. The van der Waals surface area contributed by atoms with E-state index in [0.717, 1.165) is 17.0 Å². The minimum absolute atomic E-state index is 0.277. The molecule has 0 saturated heterocycles. The Morgan fingerprint density at radius 3 is 2.79 bits per heavy atom. The van der Waals surface area contributed by atoms with Gasteiger partial charge in [-0.2, -0.15) is 4.98 Å². The predicted octanol–water partition coefficient (Wildman–Crippen LogP) is 2.95. The molecule has 29 heavy (non-hydrogen) atoms. The van der Waals surface area contributed by atoms with Gasteiger partial charge < -0.3 is 5.32 Å². The summed E-state index contributed by atoms with van der Waals surface area (Å²) in [6.07, 6.45) is 0. The topological polar surface area (TPSA) is 98.0 Å². The van der Waals surface area contributed by atoms with Crippen LogP contribution in [-0.4, -0.2) is 35.7 Å². The van der Waals surface area contributed by atoms with Gasteiger partial charge in [0.1, 0.15) is 10.8 Å². The molecule has 0 radical (unpaired) electrons. The second kappa shape index (κ2) is 8.21. The quantitative estimate of drug-likeness (QED) is 0.471. The minimum Gasteiger partial charge on any atom is -0.346 e. The normalized spacial score (nSPS) is 11.1. The molecule has 0 atom stereocenters. The van der Waals surface area contributed by atoms with Crippen molar-refractivity contribution in [3.8, 4) is 0 Å². The molecule has 1 aromatic carbocycles. The van der Waals surface area contributed by atoms with Crippen molar-refractivity contribution in [3.63, 3.8) is 0 Å². The van der Waals surface area contributed by atoms with Crippen LogP contribution in [0.15, 0.2) is 35.5 Å². The number of nitrogens with zero attached hydrogens (tertiary/aromatic N) is 6. The Morgan fingerprint density at radius 1 is 1.21 bits per heavy atom. The fourth-order valence-electron chi connectivity index (χ4n) is 2.60. The fraction of sp³-hybridized carbons (Fsp3) is 0.222. The van der Waals surface area contributed by atoms with E-state index in [1.807, 2.05) is 19.9 Å². The first-order valence-electron chi connectivity index (χ1n) is 8.67. The van der Waals surface area contributed by atoms with E-state index in [1.54, 1.807) is 16.6 Å². The van der Waals surface area contributed by atoms with Crippen molar-refractivity contribution in [1.82, 2.24) is 35.1 Å². The van der Waals surface area contributed by atoms with Gasteiger partial charge in [0.2, 0.25) is 10.2 Å². The summed E-state index contributed by atoms with van der Waals surface area (Å²) in [6.45, 7) is 4.16. The third-order valence-corrected chi connectivity index (χ3v) is 5.90. The number of fused-ring (bicyclic) bond motifs is 1. The molecule has 0 aliphatic carbocycles. The summed E-state index contributed by atoms with van der Waals surface area (Å²) < 4.78 is 14.6. The number of benzene rings is 1. The predicted molar refractivity (Wildman–Crippen MR) is 107 cm³/mol. The monoisotopic (exact) mass is 429 g/mol. The second-order valence-electron chi connectivity index (χ2n) is 6.24. The molecule has 11 heteroatoms.